The summed E-state index contributed by atoms with van der Waals surface area (Å²) < 4.78 is 0. The Balaban J connectivity index is 1.52. The van der Waals surface area contributed by atoms with E-state index in [0.717, 1.165) is 19.5 Å². The number of carbonyl (C=O) groups excluding carboxylic acids is 1. The molecule has 0 aliphatic carbocycles. The summed E-state index contributed by atoms with van der Waals surface area (Å²) in [6, 6.07) is 9.56. The fourth-order valence-electron chi connectivity index (χ4n) is 3.04. The van der Waals surface area contributed by atoms with Crippen LogP contribution >= 0.6 is 11.8 Å². The van der Waals surface area contributed by atoms with Gasteiger partial charge in [-0.25, -0.2) is 0 Å². The number of nitrogens with zero attached hydrogens (tertiary/aromatic N) is 1. The van der Waals surface area contributed by atoms with E-state index in [1.54, 1.807) is 11.8 Å². The van der Waals surface area contributed by atoms with Gasteiger partial charge in [0.1, 0.15) is 0 Å². The number of hydrogen-bond acceptors (Lipinski definition) is 3. The molecule has 2 aliphatic rings. The monoisotopic (exact) mass is 290 g/mol. The first-order valence-electron chi connectivity index (χ1n) is 7.44. The minimum atomic E-state index is 0.282. The average Bonchev–Trinajstić information content (AvgIpc) is 2.77. The molecule has 1 aromatic rings. The summed E-state index contributed by atoms with van der Waals surface area (Å²) in [6.45, 7) is 3.89. The number of amides is 1. The van der Waals surface area contributed by atoms with Gasteiger partial charge in [0.2, 0.25) is 5.91 Å². The summed E-state index contributed by atoms with van der Waals surface area (Å²) in [4.78, 5) is 15.6. The molecular weight excluding hydrogens is 268 g/mol. The Kier molecular flexibility index (Phi) is 4.32. The smallest absolute Gasteiger partial charge is 0.232 e. The van der Waals surface area contributed by atoms with E-state index in [1.807, 2.05) is 0 Å². The number of rotatable bonds is 3. The van der Waals surface area contributed by atoms with Gasteiger partial charge in [0, 0.05) is 30.1 Å². The molecule has 1 aromatic carbocycles. The van der Waals surface area contributed by atoms with Gasteiger partial charge in [0.15, 0.2) is 0 Å². The van der Waals surface area contributed by atoms with Crippen LogP contribution in [0.15, 0.2) is 29.2 Å². The highest BCUT2D eigenvalue weighted by atomic mass is 32.2. The molecular formula is C16H22N2OS. The lowest BCUT2D eigenvalue weighted by Crippen LogP contribution is -2.39. The molecule has 20 heavy (non-hydrogen) atoms. The number of carbonyl (C=O) groups is 1. The normalized spacial score (nSPS) is 25.6. The maximum atomic E-state index is 12.3. The molecule has 1 N–H and O–H groups in total. The minimum Gasteiger partial charge on any atom is -0.340 e. The molecule has 1 amide bonds. The van der Waals surface area contributed by atoms with Crippen LogP contribution < -0.4 is 5.32 Å². The Bertz CT molecular complexity index is 474. The van der Waals surface area contributed by atoms with E-state index in [2.05, 4.69) is 41.4 Å². The number of likely N-dealkylation sites (tertiary alicyclic amines) is 1. The molecule has 0 radical (unpaired) electrons. The average molecular weight is 290 g/mol. The molecule has 108 valence electrons. The van der Waals surface area contributed by atoms with Crippen molar-refractivity contribution in [2.24, 2.45) is 0 Å². The molecule has 2 heterocycles. The Morgan fingerprint density at radius 1 is 1.25 bits per heavy atom. The second kappa shape index (κ2) is 6.19. The van der Waals surface area contributed by atoms with Gasteiger partial charge in [-0.05, 0) is 38.3 Å². The second-order valence-corrected chi connectivity index (χ2v) is 6.92. The summed E-state index contributed by atoms with van der Waals surface area (Å²) in [5.74, 6) is 0.838. The molecule has 2 aliphatic heterocycles. The SMILES string of the molecule is Cc1ccc(SCC(=O)N2CCC3CCC(C2)N3)cc1. The number of fused-ring (bicyclic) bond motifs is 2. The van der Waals surface area contributed by atoms with Crippen molar-refractivity contribution in [2.75, 3.05) is 18.8 Å². The van der Waals surface area contributed by atoms with Crippen molar-refractivity contribution in [1.82, 2.24) is 10.2 Å². The van der Waals surface area contributed by atoms with Crippen LogP contribution in [-0.4, -0.2) is 41.7 Å². The molecule has 3 nitrogen and oxygen atoms in total. The highest BCUT2D eigenvalue weighted by molar-refractivity contribution is 8.00. The fraction of sp³-hybridized carbons (Fsp3) is 0.562. The summed E-state index contributed by atoms with van der Waals surface area (Å²) in [5.41, 5.74) is 1.26. The predicted octanol–water partition coefficient (Wildman–Crippen LogP) is 2.44. The fourth-order valence-corrected chi connectivity index (χ4v) is 3.84. The highest BCUT2D eigenvalue weighted by Crippen LogP contribution is 2.22. The van der Waals surface area contributed by atoms with E-state index < -0.39 is 0 Å². The molecule has 4 heteroatoms. The van der Waals surface area contributed by atoms with Crippen LogP contribution in [0.1, 0.15) is 24.8 Å². The third kappa shape index (κ3) is 3.36. The summed E-state index contributed by atoms with van der Waals surface area (Å²) >= 11 is 1.65. The standard InChI is InChI=1S/C16H22N2OS/c1-12-2-6-15(7-3-12)20-11-16(19)18-9-8-13-4-5-14(10-18)17-13/h2-3,6-7,13-14,17H,4-5,8-11H2,1H3. The maximum Gasteiger partial charge on any atom is 0.232 e. The van der Waals surface area contributed by atoms with E-state index in [0.29, 0.717) is 17.8 Å². The predicted molar refractivity (Wildman–Crippen MR) is 83.0 cm³/mol. The number of hydrogen-bond donors (Lipinski definition) is 1. The van der Waals surface area contributed by atoms with Crippen LogP contribution in [0.5, 0.6) is 0 Å². The van der Waals surface area contributed by atoms with Gasteiger partial charge in [-0.15, -0.1) is 11.8 Å². The first-order valence-corrected chi connectivity index (χ1v) is 8.42. The van der Waals surface area contributed by atoms with Crippen LogP contribution in [0.2, 0.25) is 0 Å². The largest absolute Gasteiger partial charge is 0.340 e. The van der Waals surface area contributed by atoms with Crippen molar-refractivity contribution in [1.29, 1.82) is 0 Å². The third-order valence-corrected chi connectivity index (χ3v) is 5.26. The van der Waals surface area contributed by atoms with Gasteiger partial charge in [0.25, 0.3) is 0 Å². The Labute approximate surface area is 125 Å². The minimum absolute atomic E-state index is 0.282. The lowest BCUT2D eigenvalue weighted by atomic mass is 10.1. The van der Waals surface area contributed by atoms with E-state index >= 15 is 0 Å². The summed E-state index contributed by atoms with van der Waals surface area (Å²) in [7, 11) is 0. The van der Waals surface area contributed by atoms with Crippen molar-refractivity contribution in [2.45, 2.75) is 43.2 Å². The van der Waals surface area contributed by atoms with Crippen molar-refractivity contribution in [3.8, 4) is 0 Å². The lowest BCUT2D eigenvalue weighted by Gasteiger charge is -2.24. The Morgan fingerprint density at radius 3 is 2.80 bits per heavy atom. The van der Waals surface area contributed by atoms with Crippen LogP contribution in [0.25, 0.3) is 0 Å². The zero-order valence-electron chi connectivity index (χ0n) is 12.0. The van der Waals surface area contributed by atoms with Crippen molar-refractivity contribution >= 4 is 17.7 Å². The maximum absolute atomic E-state index is 12.3. The first kappa shape index (κ1) is 14.0. The molecule has 0 saturated carbocycles. The molecule has 2 bridgehead atoms. The highest BCUT2D eigenvalue weighted by Gasteiger charge is 2.30. The first-order chi connectivity index (χ1) is 9.70. The van der Waals surface area contributed by atoms with E-state index in [9.17, 15) is 4.79 Å². The molecule has 3 rings (SSSR count). The number of nitrogens with one attached hydrogen (secondary N) is 1. The van der Waals surface area contributed by atoms with Crippen LogP contribution in [-0.2, 0) is 4.79 Å². The number of aryl methyl sites for hydroxylation is 1. The van der Waals surface area contributed by atoms with E-state index in [4.69, 9.17) is 0 Å². The summed E-state index contributed by atoms with van der Waals surface area (Å²) in [6.07, 6.45) is 3.61. The molecule has 0 spiro atoms. The van der Waals surface area contributed by atoms with Gasteiger partial charge < -0.3 is 10.2 Å². The van der Waals surface area contributed by atoms with Gasteiger partial charge in [0.05, 0.1) is 5.75 Å². The molecule has 2 saturated heterocycles. The lowest BCUT2D eigenvalue weighted by molar-refractivity contribution is -0.128. The molecule has 2 fully saturated rings. The van der Waals surface area contributed by atoms with Crippen LogP contribution in [0.4, 0.5) is 0 Å². The zero-order valence-corrected chi connectivity index (χ0v) is 12.8. The second-order valence-electron chi connectivity index (χ2n) is 5.87. The molecule has 0 aromatic heterocycles. The van der Waals surface area contributed by atoms with Crippen molar-refractivity contribution in [3.05, 3.63) is 29.8 Å². The van der Waals surface area contributed by atoms with Crippen LogP contribution in [0.3, 0.4) is 0 Å². The molecule has 2 unspecified atom stereocenters. The van der Waals surface area contributed by atoms with Gasteiger partial charge >= 0.3 is 0 Å². The van der Waals surface area contributed by atoms with Crippen molar-refractivity contribution < 1.29 is 4.79 Å². The van der Waals surface area contributed by atoms with Crippen LogP contribution in [0, 0.1) is 6.92 Å². The van der Waals surface area contributed by atoms with E-state index in [1.165, 1.54) is 23.3 Å². The third-order valence-electron chi connectivity index (χ3n) is 4.26. The Morgan fingerprint density at radius 2 is 2.00 bits per heavy atom. The van der Waals surface area contributed by atoms with Gasteiger partial charge in [-0.3, -0.25) is 4.79 Å². The summed E-state index contributed by atoms with van der Waals surface area (Å²) in [5, 5.41) is 3.62. The number of thioether (sulfide) groups is 1. The quantitative estimate of drug-likeness (QED) is 0.868. The molecule has 2 atom stereocenters. The van der Waals surface area contributed by atoms with Gasteiger partial charge in [-0.2, -0.15) is 0 Å². The van der Waals surface area contributed by atoms with E-state index in [-0.39, 0.29) is 5.91 Å². The van der Waals surface area contributed by atoms with Crippen molar-refractivity contribution in [3.63, 3.8) is 0 Å². The van der Waals surface area contributed by atoms with Gasteiger partial charge in [-0.1, -0.05) is 17.7 Å². The number of benzene rings is 1. The topological polar surface area (TPSA) is 32.3 Å². The Hall–Kier alpha value is -1.00. The zero-order chi connectivity index (χ0) is 13.9.